The quantitative estimate of drug-likeness (QED) is 0.189. The topological polar surface area (TPSA) is 113 Å². The van der Waals surface area contributed by atoms with Crippen LogP contribution in [0.15, 0.2) is 53.3 Å². The zero-order chi connectivity index (χ0) is 33.0. The highest BCUT2D eigenvalue weighted by atomic mass is 19.1. The fourth-order valence-corrected chi connectivity index (χ4v) is 6.34. The second-order valence-corrected chi connectivity index (χ2v) is 12.7. The number of ketones is 1. The van der Waals surface area contributed by atoms with Crippen LogP contribution in [0.4, 0.5) is 19.0 Å². The summed E-state index contributed by atoms with van der Waals surface area (Å²) in [6.07, 6.45) is 6.99. The smallest absolute Gasteiger partial charge is 0.323 e. The van der Waals surface area contributed by atoms with Crippen molar-refractivity contribution in [2.75, 3.05) is 5.73 Å². The molecule has 0 spiro atoms. The highest BCUT2D eigenvalue weighted by molar-refractivity contribution is 6.11. The second-order valence-electron chi connectivity index (χ2n) is 12.7. The van der Waals surface area contributed by atoms with Crippen LogP contribution in [0, 0.1) is 23.4 Å². The molecule has 2 fully saturated rings. The third-order valence-electron chi connectivity index (χ3n) is 8.69. The van der Waals surface area contributed by atoms with Crippen LogP contribution in [-0.2, 0) is 9.53 Å². The molecular weight excluding hydrogens is 599 g/mol. The van der Waals surface area contributed by atoms with Crippen LogP contribution < -0.4 is 21.3 Å². The first-order valence-electron chi connectivity index (χ1n) is 15.9. The van der Waals surface area contributed by atoms with Crippen molar-refractivity contribution in [3.05, 3.63) is 87.5 Å². The summed E-state index contributed by atoms with van der Waals surface area (Å²) in [4.78, 5) is 38.7. The van der Waals surface area contributed by atoms with E-state index in [1.54, 1.807) is 0 Å². The molecule has 2 aromatic carbocycles. The third-order valence-corrected chi connectivity index (χ3v) is 8.69. The number of nitrogens with zero attached hydrogens (tertiary/aromatic N) is 1. The van der Waals surface area contributed by atoms with Crippen LogP contribution in [0.1, 0.15) is 87.6 Å². The van der Waals surface area contributed by atoms with Crippen molar-refractivity contribution in [1.29, 1.82) is 0 Å². The van der Waals surface area contributed by atoms with Crippen LogP contribution in [0.25, 0.3) is 5.69 Å². The van der Waals surface area contributed by atoms with Gasteiger partial charge in [0.2, 0.25) is 0 Å². The fraction of sp³-hybridized carbons (Fsp3) is 0.457. The molecule has 0 saturated heterocycles. The molecule has 2 aliphatic rings. The number of anilines is 1. The SMILES string of the molecule is CC(C)CC(NC1CCC(Oc2cc(F)c(-n3c(N)c(C(=O)c4ccc(F)cc4)ccc3=O)c(F)c2)CC1)C(=O)OC1CCCC1. The Morgan fingerprint density at radius 2 is 1.54 bits per heavy atom. The molecule has 5 rings (SSSR count). The number of benzene rings is 2. The maximum Gasteiger partial charge on any atom is 0.323 e. The molecule has 0 amide bonds. The Labute approximate surface area is 266 Å². The Balaban J connectivity index is 1.25. The van der Waals surface area contributed by atoms with Gasteiger partial charge in [-0.15, -0.1) is 0 Å². The summed E-state index contributed by atoms with van der Waals surface area (Å²) in [7, 11) is 0. The second kappa shape index (κ2) is 14.5. The molecule has 3 aromatic rings. The van der Waals surface area contributed by atoms with Gasteiger partial charge in [-0.05, 0) is 94.0 Å². The summed E-state index contributed by atoms with van der Waals surface area (Å²) in [6.45, 7) is 4.14. The third kappa shape index (κ3) is 7.81. The Morgan fingerprint density at radius 1 is 0.913 bits per heavy atom. The number of carbonyl (C=O) groups excluding carboxylic acids is 2. The van der Waals surface area contributed by atoms with Gasteiger partial charge < -0.3 is 20.5 Å². The van der Waals surface area contributed by atoms with Crippen molar-refractivity contribution in [2.24, 2.45) is 5.92 Å². The number of hydrogen-bond acceptors (Lipinski definition) is 7. The molecule has 8 nitrogen and oxygen atoms in total. The van der Waals surface area contributed by atoms with Gasteiger partial charge in [0, 0.05) is 29.8 Å². The molecule has 11 heteroatoms. The number of halogens is 3. The lowest BCUT2D eigenvalue weighted by Gasteiger charge is -2.32. The first kappa shape index (κ1) is 33.2. The number of nitrogens with one attached hydrogen (secondary N) is 1. The van der Waals surface area contributed by atoms with Crippen LogP contribution in [0.5, 0.6) is 5.75 Å². The maximum atomic E-state index is 15.4. The maximum absolute atomic E-state index is 15.4. The zero-order valence-electron chi connectivity index (χ0n) is 26.1. The molecule has 0 aliphatic heterocycles. The van der Waals surface area contributed by atoms with Gasteiger partial charge in [0.1, 0.15) is 35.2 Å². The molecule has 1 atom stereocenters. The summed E-state index contributed by atoms with van der Waals surface area (Å²) in [5.74, 6) is -3.76. The van der Waals surface area contributed by atoms with E-state index in [4.69, 9.17) is 15.2 Å². The lowest BCUT2D eigenvalue weighted by molar-refractivity contribution is -0.152. The minimum Gasteiger partial charge on any atom is -0.490 e. The largest absolute Gasteiger partial charge is 0.490 e. The number of carbonyl (C=O) groups is 2. The molecule has 2 saturated carbocycles. The van der Waals surface area contributed by atoms with Gasteiger partial charge in [0.15, 0.2) is 17.4 Å². The number of rotatable bonds is 11. The highest BCUT2D eigenvalue weighted by Crippen LogP contribution is 2.30. The van der Waals surface area contributed by atoms with E-state index >= 15 is 8.78 Å². The predicted molar refractivity (Wildman–Crippen MR) is 168 cm³/mol. The molecular formula is C35H40F3N3O5. The number of ether oxygens (including phenoxy) is 2. The molecule has 3 N–H and O–H groups in total. The van der Waals surface area contributed by atoms with Crippen LogP contribution in [0.3, 0.4) is 0 Å². The van der Waals surface area contributed by atoms with Crippen LogP contribution >= 0.6 is 0 Å². The molecule has 0 bridgehead atoms. The minimum absolute atomic E-state index is 0.00297. The van der Waals surface area contributed by atoms with Gasteiger partial charge in [-0.3, -0.25) is 19.0 Å². The van der Waals surface area contributed by atoms with E-state index in [2.05, 4.69) is 19.2 Å². The number of nitrogen functional groups attached to an aromatic ring is 1. The fourth-order valence-electron chi connectivity index (χ4n) is 6.34. The van der Waals surface area contributed by atoms with E-state index in [0.29, 0.717) is 42.6 Å². The summed E-state index contributed by atoms with van der Waals surface area (Å²) in [5, 5.41) is 3.49. The van der Waals surface area contributed by atoms with Gasteiger partial charge in [-0.25, -0.2) is 13.2 Å². The molecule has 46 heavy (non-hydrogen) atoms. The van der Waals surface area contributed by atoms with Crippen LogP contribution in [-0.4, -0.2) is 40.6 Å². The van der Waals surface area contributed by atoms with Crippen molar-refractivity contribution >= 4 is 17.6 Å². The van der Waals surface area contributed by atoms with Crippen molar-refractivity contribution in [3.8, 4) is 11.4 Å². The first-order valence-corrected chi connectivity index (χ1v) is 15.9. The van der Waals surface area contributed by atoms with E-state index in [9.17, 15) is 18.8 Å². The number of pyridine rings is 1. The van der Waals surface area contributed by atoms with Crippen molar-refractivity contribution in [2.45, 2.75) is 95.9 Å². The number of esters is 1. The van der Waals surface area contributed by atoms with E-state index in [0.717, 1.165) is 56.0 Å². The molecule has 1 unspecified atom stereocenters. The summed E-state index contributed by atoms with van der Waals surface area (Å²) in [5.41, 5.74) is 4.45. The van der Waals surface area contributed by atoms with Crippen LogP contribution in [0.2, 0.25) is 0 Å². The van der Waals surface area contributed by atoms with Gasteiger partial charge in [0.05, 0.1) is 11.7 Å². The standard InChI is InChI=1S/C35H40F3N3O5/c1-20(2)17-30(35(44)46-24-5-3-4-6-24)40-23-11-13-25(14-12-23)45-26-18-28(37)32(29(38)19-26)41-31(42)16-15-27(34(41)39)33(43)21-7-9-22(36)10-8-21/h7-10,15-16,18-20,23-25,30,40H,3-6,11-14,17,39H2,1-2H3. The lowest BCUT2D eigenvalue weighted by Crippen LogP contribution is -2.47. The normalized spacial score (nSPS) is 19.3. The monoisotopic (exact) mass is 639 g/mol. The zero-order valence-corrected chi connectivity index (χ0v) is 26.1. The number of aromatic nitrogens is 1. The Bertz CT molecular complexity index is 1590. The first-order chi connectivity index (χ1) is 22.0. The van der Waals surface area contributed by atoms with Gasteiger partial charge in [0.25, 0.3) is 5.56 Å². The van der Waals surface area contributed by atoms with Crippen molar-refractivity contribution in [1.82, 2.24) is 9.88 Å². The van der Waals surface area contributed by atoms with Crippen molar-refractivity contribution < 1.29 is 32.2 Å². The number of hydrogen-bond donors (Lipinski definition) is 2. The molecule has 2 aliphatic carbocycles. The average Bonchev–Trinajstić information content (AvgIpc) is 3.52. The van der Waals surface area contributed by atoms with E-state index < -0.39 is 40.3 Å². The molecule has 246 valence electrons. The van der Waals surface area contributed by atoms with E-state index in [-0.39, 0.29) is 47.1 Å². The molecule has 1 aromatic heterocycles. The summed E-state index contributed by atoms with van der Waals surface area (Å²) in [6, 6.07) is 8.51. The van der Waals surface area contributed by atoms with Crippen molar-refractivity contribution in [3.63, 3.8) is 0 Å². The highest BCUT2D eigenvalue weighted by Gasteiger charge is 2.31. The van der Waals surface area contributed by atoms with Gasteiger partial charge >= 0.3 is 5.97 Å². The number of nitrogens with two attached hydrogens (primary N) is 1. The lowest BCUT2D eigenvalue weighted by atomic mass is 9.91. The summed E-state index contributed by atoms with van der Waals surface area (Å²) < 4.78 is 56.5. The molecule has 0 radical (unpaired) electrons. The van der Waals surface area contributed by atoms with Gasteiger partial charge in [-0.2, -0.15) is 0 Å². The summed E-state index contributed by atoms with van der Waals surface area (Å²) >= 11 is 0. The van der Waals surface area contributed by atoms with Gasteiger partial charge in [-0.1, -0.05) is 13.8 Å². The Hall–Kier alpha value is -4.12. The predicted octanol–water partition coefficient (Wildman–Crippen LogP) is 6.25. The van der Waals surface area contributed by atoms with E-state index in [1.165, 1.54) is 18.2 Å². The Kier molecular flexibility index (Phi) is 10.5. The average molecular weight is 640 g/mol. The minimum atomic E-state index is -1.09. The van der Waals surface area contributed by atoms with E-state index in [1.807, 2.05) is 0 Å². The Morgan fingerprint density at radius 3 is 2.15 bits per heavy atom. The molecule has 1 heterocycles.